The summed E-state index contributed by atoms with van der Waals surface area (Å²) in [7, 11) is 1.62. The predicted molar refractivity (Wildman–Crippen MR) is 53.2 cm³/mol. The molecule has 14 heavy (non-hydrogen) atoms. The number of fused-ring (bicyclic) bond motifs is 1. The molecule has 0 spiro atoms. The minimum Gasteiger partial charge on any atom is -0.375 e. The van der Waals surface area contributed by atoms with E-state index < -0.39 is 6.23 Å². The molecule has 1 saturated heterocycles. The van der Waals surface area contributed by atoms with Crippen molar-refractivity contribution in [2.75, 3.05) is 7.11 Å². The van der Waals surface area contributed by atoms with Crippen LogP contribution < -0.4 is 5.73 Å². The van der Waals surface area contributed by atoms with E-state index >= 15 is 0 Å². The van der Waals surface area contributed by atoms with Crippen LogP contribution in [-0.4, -0.2) is 35.6 Å². The third-order valence-corrected chi connectivity index (χ3v) is 3.63. The second-order valence-corrected chi connectivity index (χ2v) is 4.47. The molecule has 0 aromatic rings. The van der Waals surface area contributed by atoms with E-state index in [2.05, 4.69) is 0 Å². The smallest absolute Gasteiger partial charge is 0.145 e. The van der Waals surface area contributed by atoms with Crippen LogP contribution in [-0.2, 0) is 4.84 Å². The van der Waals surface area contributed by atoms with Crippen molar-refractivity contribution in [2.45, 2.75) is 50.4 Å². The van der Waals surface area contributed by atoms with E-state index in [4.69, 9.17) is 10.6 Å². The van der Waals surface area contributed by atoms with Crippen LogP contribution in [0.15, 0.2) is 0 Å². The Bertz CT molecular complexity index is 201. The Morgan fingerprint density at radius 1 is 1.36 bits per heavy atom. The van der Waals surface area contributed by atoms with Crippen LogP contribution >= 0.6 is 0 Å². The van der Waals surface area contributed by atoms with E-state index in [0.717, 1.165) is 12.8 Å². The van der Waals surface area contributed by atoms with Crippen molar-refractivity contribution < 1.29 is 9.94 Å². The molecule has 1 saturated carbocycles. The highest BCUT2D eigenvalue weighted by Crippen LogP contribution is 2.36. The largest absolute Gasteiger partial charge is 0.375 e. The van der Waals surface area contributed by atoms with Crippen LogP contribution in [0.4, 0.5) is 0 Å². The fraction of sp³-hybridized carbons (Fsp3) is 1.00. The highest BCUT2D eigenvalue weighted by Gasteiger charge is 2.42. The molecule has 1 heterocycles. The van der Waals surface area contributed by atoms with E-state index in [-0.39, 0.29) is 6.04 Å². The Morgan fingerprint density at radius 2 is 2.07 bits per heavy atom. The van der Waals surface area contributed by atoms with Gasteiger partial charge in [-0.15, -0.1) is 0 Å². The summed E-state index contributed by atoms with van der Waals surface area (Å²) in [6, 6.07) is 0.220. The van der Waals surface area contributed by atoms with Crippen LogP contribution in [0.5, 0.6) is 0 Å². The maximum Gasteiger partial charge on any atom is 0.145 e. The highest BCUT2D eigenvalue weighted by atomic mass is 16.7. The summed E-state index contributed by atoms with van der Waals surface area (Å²) in [6.07, 6.45) is 5.20. The lowest BCUT2D eigenvalue weighted by atomic mass is 9.77. The number of hydroxylamine groups is 2. The molecular formula is C10H20N2O2. The van der Waals surface area contributed by atoms with Gasteiger partial charge in [0.25, 0.3) is 0 Å². The van der Waals surface area contributed by atoms with Crippen LogP contribution in [0.3, 0.4) is 0 Å². The number of nitrogens with zero attached hydrogens (tertiary/aromatic N) is 1. The first-order valence-electron chi connectivity index (χ1n) is 5.50. The molecule has 3 N–H and O–H groups in total. The van der Waals surface area contributed by atoms with Crippen molar-refractivity contribution in [2.24, 2.45) is 11.7 Å². The Labute approximate surface area is 85.0 Å². The van der Waals surface area contributed by atoms with Gasteiger partial charge in [-0.3, -0.25) is 4.84 Å². The van der Waals surface area contributed by atoms with Gasteiger partial charge in [-0.25, -0.2) is 0 Å². The Hall–Kier alpha value is -0.160. The summed E-state index contributed by atoms with van der Waals surface area (Å²) in [6.45, 7) is 0. The molecule has 1 aliphatic heterocycles. The molecule has 1 aliphatic carbocycles. The molecular weight excluding hydrogens is 180 g/mol. The first kappa shape index (κ1) is 10.4. The molecule has 0 aromatic carbocycles. The zero-order valence-corrected chi connectivity index (χ0v) is 8.72. The summed E-state index contributed by atoms with van der Waals surface area (Å²) in [5, 5.41) is 11.6. The van der Waals surface area contributed by atoms with Crippen LogP contribution in [0.2, 0.25) is 0 Å². The zero-order valence-electron chi connectivity index (χ0n) is 8.72. The topological polar surface area (TPSA) is 58.7 Å². The standard InChI is InChI=1S/C10H20N2O2/c1-14-12-9-5-3-2-4-7(9)6-8(11)10(12)13/h7-10,13H,2-6,11H2,1H3/t7?,8-,9?,10-/m1/s1. The van der Waals surface area contributed by atoms with Crippen molar-refractivity contribution >= 4 is 0 Å². The Morgan fingerprint density at radius 3 is 2.79 bits per heavy atom. The number of hydrogen-bond donors (Lipinski definition) is 2. The summed E-state index contributed by atoms with van der Waals surface area (Å²) in [5.74, 6) is 0.613. The lowest BCUT2D eigenvalue weighted by Crippen LogP contribution is -2.60. The number of hydrogen-bond acceptors (Lipinski definition) is 4. The van der Waals surface area contributed by atoms with Gasteiger partial charge < -0.3 is 10.8 Å². The van der Waals surface area contributed by atoms with Crippen molar-refractivity contribution in [1.29, 1.82) is 0 Å². The Balaban J connectivity index is 2.10. The molecule has 0 amide bonds. The summed E-state index contributed by atoms with van der Waals surface area (Å²) >= 11 is 0. The van der Waals surface area contributed by atoms with E-state index in [1.165, 1.54) is 19.3 Å². The monoisotopic (exact) mass is 200 g/mol. The first-order valence-corrected chi connectivity index (χ1v) is 5.50. The fourth-order valence-electron chi connectivity index (χ4n) is 2.90. The molecule has 2 rings (SSSR count). The van der Waals surface area contributed by atoms with E-state index in [1.807, 2.05) is 0 Å². The number of rotatable bonds is 1. The average Bonchev–Trinajstić information content (AvgIpc) is 2.20. The molecule has 0 radical (unpaired) electrons. The number of nitrogens with two attached hydrogens (primary N) is 1. The van der Waals surface area contributed by atoms with E-state index in [9.17, 15) is 5.11 Å². The van der Waals surface area contributed by atoms with E-state index in [0.29, 0.717) is 12.0 Å². The van der Waals surface area contributed by atoms with Gasteiger partial charge in [-0.05, 0) is 25.2 Å². The van der Waals surface area contributed by atoms with Gasteiger partial charge >= 0.3 is 0 Å². The molecule has 2 aliphatic rings. The minimum atomic E-state index is -0.626. The predicted octanol–water partition coefficient (Wildman–Crippen LogP) is 0.458. The Kier molecular flexibility index (Phi) is 3.07. The number of piperidine rings is 1. The van der Waals surface area contributed by atoms with Crippen molar-refractivity contribution in [1.82, 2.24) is 5.06 Å². The van der Waals surface area contributed by atoms with Crippen LogP contribution in [0.25, 0.3) is 0 Å². The van der Waals surface area contributed by atoms with Gasteiger partial charge in [0, 0.05) is 12.1 Å². The molecule has 4 heteroatoms. The fourth-order valence-corrected chi connectivity index (χ4v) is 2.90. The zero-order chi connectivity index (χ0) is 10.1. The third-order valence-electron chi connectivity index (χ3n) is 3.63. The van der Waals surface area contributed by atoms with Crippen molar-refractivity contribution in [3.63, 3.8) is 0 Å². The molecule has 0 aromatic heterocycles. The molecule has 2 fully saturated rings. The van der Waals surface area contributed by atoms with E-state index in [1.54, 1.807) is 12.2 Å². The maximum atomic E-state index is 9.85. The third kappa shape index (κ3) is 1.67. The second kappa shape index (κ2) is 4.14. The minimum absolute atomic E-state index is 0.158. The quantitative estimate of drug-likeness (QED) is 0.645. The first-order chi connectivity index (χ1) is 6.74. The van der Waals surface area contributed by atoms with Crippen LogP contribution in [0, 0.1) is 5.92 Å². The lowest BCUT2D eigenvalue weighted by Gasteiger charge is -2.47. The lowest BCUT2D eigenvalue weighted by molar-refractivity contribution is -0.280. The summed E-state index contributed by atoms with van der Waals surface area (Å²) < 4.78 is 0. The number of aliphatic hydroxyl groups is 1. The highest BCUT2D eigenvalue weighted by molar-refractivity contribution is 4.91. The van der Waals surface area contributed by atoms with Gasteiger partial charge in [0.2, 0.25) is 0 Å². The van der Waals surface area contributed by atoms with Crippen molar-refractivity contribution in [3.8, 4) is 0 Å². The average molecular weight is 200 g/mol. The van der Waals surface area contributed by atoms with Gasteiger partial charge in [0.1, 0.15) is 6.23 Å². The molecule has 4 atom stereocenters. The van der Waals surface area contributed by atoms with Gasteiger partial charge in [0.05, 0.1) is 7.11 Å². The molecule has 2 unspecified atom stereocenters. The summed E-state index contributed by atoms with van der Waals surface area (Å²) in [5.41, 5.74) is 5.88. The van der Waals surface area contributed by atoms with Crippen molar-refractivity contribution in [3.05, 3.63) is 0 Å². The van der Waals surface area contributed by atoms with Gasteiger partial charge in [0.15, 0.2) is 0 Å². The number of aliphatic hydroxyl groups excluding tert-OH is 1. The van der Waals surface area contributed by atoms with Gasteiger partial charge in [-0.2, -0.15) is 5.06 Å². The normalized spacial score (nSPS) is 44.8. The molecule has 0 bridgehead atoms. The summed E-state index contributed by atoms with van der Waals surface area (Å²) in [4.78, 5) is 5.25. The maximum absolute atomic E-state index is 9.85. The molecule has 4 nitrogen and oxygen atoms in total. The van der Waals surface area contributed by atoms with Crippen LogP contribution in [0.1, 0.15) is 32.1 Å². The SMILES string of the molecule is CON1C2CCCCC2C[C@@H](N)[C@H]1O. The molecule has 82 valence electrons. The van der Waals surface area contributed by atoms with Gasteiger partial charge in [-0.1, -0.05) is 12.8 Å². The second-order valence-electron chi connectivity index (χ2n) is 4.47.